The van der Waals surface area contributed by atoms with Crippen molar-refractivity contribution < 1.29 is 27.5 Å². The lowest BCUT2D eigenvalue weighted by molar-refractivity contribution is -0.158. The van der Waals surface area contributed by atoms with Gasteiger partial charge in [0.1, 0.15) is 28.6 Å². The smallest absolute Gasteiger partial charge is 0.324 e. The van der Waals surface area contributed by atoms with Crippen molar-refractivity contribution in [3.05, 3.63) is 23.8 Å². The Morgan fingerprint density at radius 1 is 1.34 bits per heavy atom. The summed E-state index contributed by atoms with van der Waals surface area (Å²) in [5.41, 5.74) is 0.160. The second kappa shape index (κ2) is 9.26. The van der Waals surface area contributed by atoms with Gasteiger partial charge in [-0.3, -0.25) is 4.79 Å². The van der Waals surface area contributed by atoms with Crippen LogP contribution in [0, 0.1) is 6.92 Å². The molecule has 2 atom stereocenters. The molecule has 1 saturated heterocycles. The Balaban J connectivity index is 2.34. The van der Waals surface area contributed by atoms with E-state index in [0.29, 0.717) is 25.7 Å². The van der Waals surface area contributed by atoms with E-state index in [1.54, 1.807) is 39.8 Å². The maximum absolute atomic E-state index is 13.4. The zero-order valence-electron chi connectivity index (χ0n) is 17.8. The van der Waals surface area contributed by atoms with Crippen molar-refractivity contribution in [2.24, 2.45) is 0 Å². The number of ether oxygens (including phenoxy) is 2. The van der Waals surface area contributed by atoms with Gasteiger partial charge in [-0.15, -0.1) is 0 Å². The van der Waals surface area contributed by atoms with Crippen LogP contribution in [0.5, 0.6) is 5.75 Å². The summed E-state index contributed by atoms with van der Waals surface area (Å²) in [4.78, 5) is 23.2. The van der Waals surface area contributed by atoms with Gasteiger partial charge in [0, 0.05) is 13.0 Å². The molecule has 0 aliphatic carbocycles. The first kappa shape index (κ1) is 23.3. The van der Waals surface area contributed by atoms with Gasteiger partial charge in [0.15, 0.2) is 0 Å². The highest BCUT2D eigenvalue weighted by Crippen LogP contribution is 2.34. The third kappa shape index (κ3) is 6.02. The van der Waals surface area contributed by atoms with Crippen molar-refractivity contribution in [1.82, 2.24) is 4.31 Å². The Bertz CT molecular complexity index is 843. The Labute approximate surface area is 173 Å². The maximum atomic E-state index is 13.4. The maximum Gasteiger partial charge on any atom is 0.324 e. The molecule has 0 N–H and O–H groups in total. The van der Waals surface area contributed by atoms with E-state index in [4.69, 9.17) is 9.47 Å². The lowest BCUT2D eigenvalue weighted by atomic mass is 10.2. The van der Waals surface area contributed by atoms with Crippen molar-refractivity contribution in [2.45, 2.75) is 82.9 Å². The van der Waals surface area contributed by atoms with Gasteiger partial charge in [-0.05, 0) is 71.6 Å². The van der Waals surface area contributed by atoms with E-state index in [2.05, 4.69) is 0 Å². The van der Waals surface area contributed by atoms with Crippen molar-refractivity contribution >= 4 is 22.3 Å². The summed E-state index contributed by atoms with van der Waals surface area (Å²) < 4.78 is 39.4. The predicted molar refractivity (Wildman–Crippen MR) is 109 cm³/mol. The van der Waals surface area contributed by atoms with Crippen LogP contribution in [0.25, 0.3) is 0 Å². The minimum atomic E-state index is -3.96. The van der Waals surface area contributed by atoms with Gasteiger partial charge < -0.3 is 14.3 Å². The third-order valence-corrected chi connectivity index (χ3v) is 6.54. The first-order valence-corrected chi connectivity index (χ1v) is 11.4. The standard InChI is InChI=1S/C21H31NO6S/c1-15-10-11-19(18(14-15)27-16(2)8-7-13-23)29(25,26)22-12-6-9-17(22)20(24)28-21(3,4)5/h10-11,13-14,16-17H,6-9,12H2,1-5H3/t16-,17+/m1/s1. The molecular formula is C21H31NO6S. The van der Waals surface area contributed by atoms with E-state index < -0.39 is 27.6 Å². The van der Waals surface area contributed by atoms with Crippen molar-refractivity contribution in [3.63, 3.8) is 0 Å². The molecule has 1 heterocycles. The normalized spacial score (nSPS) is 19.0. The van der Waals surface area contributed by atoms with Crippen molar-refractivity contribution in [1.29, 1.82) is 0 Å². The summed E-state index contributed by atoms with van der Waals surface area (Å²) in [5, 5.41) is 0. The van der Waals surface area contributed by atoms with Gasteiger partial charge in [-0.25, -0.2) is 8.42 Å². The molecule has 1 aliphatic heterocycles. The molecule has 7 nitrogen and oxygen atoms in total. The monoisotopic (exact) mass is 425 g/mol. The van der Waals surface area contributed by atoms with Gasteiger partial charge in [0.05, 0.1) is 6.10 Å². The number of carbonyl (C=O) groups is 2. The summed E-state index contributed by atoms with van der Waals surface area (Å²) in [5.74, 6) is -0.300. The average molecular weight is 426 g/mol. The number of benzene rings is 1. The number of hydrogen-bond acceptors (Lipinski definition) is 6. The van der Waals surface area contributed by atoms with Crippen LogP contribution in [-0.4, -0.2) is 49.3 Å². The summed E-state index contributed by atoms with van der Waals surface area (Å²) >= 11 is 0. The molecule has 0 saturated carbocycles. The molecule has 1 aromatic rings. The Morgan fingerprint density at radius 3 is 2.66 bits per heavy atom. The number of hydrogen-bond donors (Lipinski definition) is 0. The molecule has 0 unspecified atom stereocenters. The van der Waals surface area contributed by atoms with Crippen LogP contribution in [-0.2, 0) is 24.3 Å². The van der Waals surface area contributed by atoms with Gasteiger partial charge in [-0.2, -0.15) is 4.31 Å². The summed E-state index contributed by atoms with van der Waals surface area (Å²) in [6.45, 7) is 9.16. The molecule has 0 bridgehead atoms. The van der Waals surface area contributed by atoms with Gasteiger partial charge >= 0.3 is 5.97 Å². The largest absolute Gasteiger partial charge is 0.489 e. The summed E-state index contributed by atoms with van der Waals surface area (Å²) in [6, 6.07) is 4.04. The van der Waals surface area contributed by atoms with Gasteiger partial charge in [-0.1, -0.05) is 6.07 Å². The zero-order chi connectivity index (χ0) is 21.8. The predicted octanol–water partition coefficient (Wildman–Crippen LogP) is 3.24. The van der Waals surface area contributed by atoms with Crippen LogP contribution < -0.4 is 4.74 Å². The number of rotatable bonds is 8. The van der Waals surface area contributed by atoms with Crippen LogP contribution in [0.1, 0.15) is 58.9 Å². The number of carbonyl (C=O) groups excluding carboxylic acids is 2. The number of sulfonamides is 1. The fourth-order valence-electron chi connectivity index (χ4n) is 3.26. The average Bonchev–Trinajstić information content (AvgIpc) is 3.09. The van der Waals surface area contributed by atoms with Crippen LogP contribution >= 0.6 is 0 Å². The fourth-order valence-corrected chi connectivity index (χ4v) is 5.01. The zero-order valence-corrected chi connectivity index (χ0v) is 18.6. The highest BCUT2D eigenvalue weighted by Gasteiger charge is 2.42. The lowest BCUT2D eigenvalue weighted by Crippen LogP contribution is -2.43. The first-order chi connectivity index (χ1) is 13.5. The minimum absolute atomic E-state index is 0.0245. The molecule has 0 amide bonds. The Hall–Kier alpha value is -1.93. The molecule has 1 aromatic carbocycles. The Kier molecular flexibility index (Phi) is 7.45. The first-order valence-electron chi connectivity index (χ1n) is 9.91. The quantitative estimate of drug-likeness (QED) is 0.469. The second-order valence-electron chi connectivity index (χ2n) is 8.43. The highest BCUT2D eigenvalue weighted by molar-refractivity contribution is 7.89. The SMILES string of the molecule is Cc1ccc(S(=O)(=O)N2CCC[C@H]2C(=O)OC(C)(C)C)c(O[C@H](C)CCC=O)c1. The lowest BCUT2D eigenvalue weighted by Gasteiger charge is -2.27. The number of esters is 1. The third-order valence-electron chi connectivity index (χ3n) is 4.59. The Morgan fingerprint density at radius 2 is 2.03 bits per heavy atom. The van der Waals surface area contributed by atoms with E-state index >= 15 is 0 Å². The molecule has 0 aromatic heterocycles. The molecule has 162 valence electrons. The molecule has 8 heteroatoms. The molecule has 2 rings (SSSR count). The number of aldehydes is 1. The molecule has 0 spiro atoms. The molecular weight excluding hydrogens is 394 g/mol. The second-order valence-corrected chi connectivity index (χ2v) is 10.3. The van der Waals surface area contributed by atoms with Gasteiger partial charge in [0.2, 0.25) is 10.0 Å². The van der Waals surface area contributed by atoms with E-state index in [0.717, 1.165) is 11.8 Å². The summed E-state index contributed by atoms with van der Waals surface area (Å²) in [7, 11) is -3.96. The van der Waals surface area contributed by atoms with E-state index in [-0.39, 0.29) is 23.3 Å². The number of nitrogens with zero attached hydrogens (tertiary/aromatic N) is 1. The van der Waals surface area contributed by atoms with Crippen LogP contribution in [0.4, 0.5) is 0 Å². The van der Waals surface area contributed by atoms with Gasteiger partial charge in [0.25, 0.3) is 0 Å². The van der Waals surface area contributed by atoms with E-state index in [1.807, 2.05) is 6.92 Å². The van der Waals surface area contributed by atoms with Crippen LogP contribution in [0.15, 0.2) is 23.1 Å². The highest BCUT2D eigenvalue weighted by atomic mass is 32.2. The molecule has 1 fully saturated rings. The summed E-state index contributed by atoms with van der Waals surface area (Å²) in [6.07, 6.45) is 2.32. The van der Waals surface area contributed by atoms with Crippen LogP contribution in [0.2, 0.25) is 0 Å². The topological polar surface area (TPSA) is 90.0 Å². The van der Waals surface area contributed by atoms with Crippen molar-refractivity contribution in [2.75, 3.05) is 6.54 Å². The van der Waals surface area contributed by atoms with E-state index in [9.17, 15) is 18.0 Å². The fraction of sp³-hybridized carbons (Fsp3) is 0.619. The number of aryl methyl sites for hydroxylation is 1. The molecule has 29 heavy (non-hydrogen) atoms. The molecule has 0 radical (unpaired) electrons. The van der Waals surface area contributed by atoms with Crippen LogP contribution in [0.3, 0.4) is 0 Å². The molecule has 1 aliphatic rings. The van der Waals surface area contributed by atoms with E-state index in [1.165, 1.54) is 10.4 Å². The van der Waals surface area contributed by atoms with Crippen molar-refractivity contribution in [3.8, 4) is 5.75 Å². The minimum Gasteiger partial charge on any atom is -0.489 e.